The predicted molar refractivity (Wildman–Crippen MR) is 130 cm³/mol. The number of hydrogen-bond donors (Lipinski definition) is 0. The maximum atomic E-state index is 13.7. The average molecular weight is 449 g/mol. The molecule has 3 rings (SSSR count). The van der Waals surface area contributed by atoms with Gasteiger partial charge in [0.25, 0.3) is 0 Å². The minimum absolute atomic E-state index is 0.00850. The van der Waals surface area contributed by atoms with Crippen LogP contribution in [-0.2, 0) is 16.0 Å². The second-order valence-corrected chi connectivity index (χ2v) is 8.60. The summed E-state index contributed by atoms with van der Waals surface area (Å²) in [5, 5.41) is 0.646. The summed E-state index contributed by atoms with van der Waals surface area (Å²) in [4.78, 5) is 25.5. The van der Waals surface area contributed by atoms with Crippen molar-refractivity contribution < 1.29 is 14.3 Å². The molecule has 0 N–H and O–H groups in total. The van der Waals surface area contributed by atoms with E-state index in [1.807, 2.05) is 67.6 Å². The second-order valence-electron chi connectivity index (χ2n) is 8.17. The van der Waals surface area contributed by atoms with Crippen molar-refractivity contribution in [3.8, 4) is 0 Å². The molecule has 0 aliphatic carbocycles. The van der Waals surface area contributed by atoms with Crippen molar-refractivity contribution in [2.75, 3.05) is 7.11 Å². The van der Waals surface area contributed by atoms with Crippen LogP contribution in [0.5, 0.6) is 0 Å². The molecule has 0 saturated carbocycles. The van der Waals surface area contributed by atoms with Crippen LogP contribution in [0.15, 0.2) is 72.8 Å². The number of halogens is 1. The largest absolute Gasteiger partial charge is 0.465 e. The fourth-order valence-corrected chi connectivity index (χ4v) is 4.28. The number of esters is 1. The molecule has 2 unspecified atom stereocenters. The van der Waals surface area contributed by atoms with Gasteiger partial charge in [0, 0.05) is 17.4 Å². The molecule has 0 saturated heterocycles. The first-order chi connectivity index (χ1) is 15.4. The summed E-state index contributed by atoms with van der Waals surface area (Å²) >= 11 is 6.13. The zero-order valence-corrected chi connectivity index (χ0v) is 19.6. The Labute approximate surface area is 195 Å². The van der Waals surface area contributed by atoms with Gasteiger partial charge in [-0.25, -0.2) is 4.79 Å². The molecule has 3 aromatic carbocycles. The van der Waals surface area contributed by atoms with Crippen LogP contribution in [0.3, 0.4) is 0 Å². The number of carbonyl (C=O) groups is 2. The quantitative estimate of drug-likeness (QED) is 0.334. The number of hydrogen-bond acceptors (Lipinski definition) is 3. The van der Waals surface area contributed by atoms with Gasteiger partial charge >= 0.3 is 5.97 Å². The van der Waals surface area contributed by atoms with Gasteiger partial charge in [-0.05, 0) is 60.2 Å². The van der Waals surface area contributed by atoms with Crippen molar-refractivity contribution in [3.05, 3.63) is 106 Å². The second kappa shape index (κ2) is 11.1. The highest BCUT2D eigenvalue weighted by molar-refractivity contribution is 6.30. The Morgan fingerprint density at radius 3 is 2.03 bits per heavy atom. The minimum Gasteiger partial charge on any atom is -0.465 e. The van der Waals surface area contributed by atoms with Crippen LogP contribution >= 0.6 is 11.6 Å². The third-order valence-electron chi connectivity index (χ3n) is 5.84. The number of ether oxygens (including phenoxy) is 1. The van der Waals surface area contributed by atoms with Crippen molar-refractivity contribution in [3.63, 3.8) is 0 Å². The van der Waals surface area contributed by atoms with Gasteiger partial charge in [0.15, 0.2) is 0 Å². The standard InChI is InChI=1S/C28H29ClO3/c1-4-5-25(21-10-12-23(13-11-21)28(31)32-3)27(22-14-16-24(29)17-15-22)26(30)18-20-8-6-19(2)7-9-20/h6-17,25,27H,4-5,18H2,1-3H3. The van der Waals surface area contributed by atoms with Crippen molar-refractivity contribution in [1.29, 1.82) is 0 Å². The SMILES string of the molecule is CCCC(c1ccc(C(=O)OC)cc1)C(C(=O)Cc1ccc(C)cc1)c1ccc(Cl)cc1. The van der Waals surface area contributed by atoms with Crippen LogP contribution in [0.25, 0.3) is 0 Å². The molecule has 0 bridgehead atoms. The molecule has 0 aliphatic heterocycles. The first-order valence-electron chi connectivity index (χ1n) is 10.9. The highest BCUT2D eigenvalue weighted by Crippen LogP contribution is 2.38. The Morgan fingerprint density at radius 1 is 0.875 bits per heavy atom. The van der Waals surface area contributed by atoms with Gasteiger partial charge in [-0.2, -0.15) is 0 Å². The molecule has 0 aliphatic rings. The number of Topliss-reactive ketones (excluding diaryl/α,β-unsaturated/α-hetero) is 1. The lowest BCUT2D eigenvalue weighted by Crippen LogP contribution is -2.22. The predicted octanol–water partition coefficient (Wildman–Crippen LogP) is 6.91. The van der Waals surface area contributed by atoms with E-state index in [1.165, 1.54) is 12.7 Å². The first kappa shape index (κ1) is 23.7. The summed E-state index contributed by atoms with van der Waals surface area (Å²) in [6.07, 6.45) is 2.16. The van der Waals surface area contributed by atoms with Gasteiger partial charge in [0.1, 0.15) is 5.78 Å². The smallest absolute Gasteiger partial charge is 0.337 e. The summed E-state index contributed by atoms with van der Waals surface area (Å²) in [6, 6.07) is 23.1. The van der Waals surface area contributed by atoms with Crippen molar-refractivity contribution in [2.24, 2.45) is 0 Å². The van der Waals surface area contributed by atoms with Crippen LogP contribution in [-0.4, -0.2) is 18.9 Å². The lowest BCUT2D eigenvalue weighted by molar-refractivity contribution is -0.120. The van der Waals surface area contributed by atoms with Gasteiger partial charge in [-0.15, -0.1) is 0 Å². The van der Waals surface area contributed by atoms with E-state index >= 15 is 0 Å². The maximum Gasteiger partial charge on any atom is 0.337 e. The Hall–Kier alpha value is -2.91. The summed E-state index contributed by atoms with van der Waals surface area (Å²) in [5.41, 5.74) is 4.68. The zero-order valence-electron chi connectivity index (χ0n) is 18.8. The zero-order chi connectivity index (χ0) is 23.1. The van der Waals surface area contributed by atoms with Gasteiger partial charge < -0.3 is 4.74 Å². The molecule has 0 radical (unpaired) electrons. The Bertz CT molecular complexity index is 1040. The third-order valence-corrected chi connectivity index (χ3v) is 6.09. The maximum absolute atomic E-state index is 13.7. The van der Waals surface area contributed by atoms with Crippen LogP contribution < -0.4 is 0 Å². The first-order valence-corrected chi connectivity index (χ1v) is 11.3. The van der Waals surface area contributed by atoms with E-state index in [9.17, 15) is 9.59 Å². The summed E-state index contributed by atoms with van der Waals surface area (Å²) < 4.78 is 4.82. The highest BCUT2D eigenvalue weighted by atomic mass is 35.5. The molecule has 0 amide bonds. The van der Waals surface area contributed by atoms with Crippen LogP contribution in [0.2, 0.25) is 5.02 Å². The fourth-order valence-electron chi connectivity index (χ4n) is 4.15. The Morgan fingerprint density at radius 2 is 1.47 bits per heavy atom. The Kier molecular flexibility index (Phi) is 8.24. The van der Waals surface area contributed by atoms with Gasteiger partial charge in [0.05, 0.1) is 12.7 Å². The molecule has 3 aromatic rings. The normalized spacial score (nSPS) is 12.8. The molecule has 0 spiro atoms. The number of ketones is 1. The lowest BCUT2D eigenvalue weighted by atomic mass is 9.75. The molecule has 3 nitrogen and oxygen atoms in total. The fraction of sp³-hybridized carbons (Fsp3) is 0.286. The molecule has 166 valence electrons. The van der Waals surface area contributed by atoms with Crippen molar-refractivity contribution in [1.82, 2.24) is 0 Å². The number of aryl methyl sites for hydroxylation is 1. The monoisotopic (exact) mass is 448 g/mol. The van der Waals surface area contributed by atoms with Gasteiger partial charge in [-0.3, -0.25) is 4.79 Å². The molecule has 4 heteroatoms. The van der Waals surface area contributed by atoms with E-state index in [-0.39, 0.29) is 23.6 Å². The molecule has 32 heavy (non-hydrogen) atoms. The highest BCUT2D eigenvalue weighted by Gasteiger charge is 2.30. The Balaban J connectivity index is 1.99. The van der Waals surface area contributed by atoms with E-state index in [0.29, 0.717) is 17.0 Å². The molecule has 0 heterocycles. The van der Waals surface area contributed by atoms with Gasteiger partial charge in [0.2, 0.25) is 0 Å². The van der Waals surface area contributed by atoms with Crippen molar-refractivity contribution in [2.45, 2.75) is 44.9 Å². The molecule has 0 fully saturated rings. The summed E-state index contributed by atoms with van der Waals surface area (Å²) in [6.45, 7) is 4.16. The lowest BCUT2D eigenvalue weighted by Gasteiger charge is -2.27. The molecular formula is C28H29ClO3. The van der Waals surface area contributed by atoms with E-state index in [4.69, 9.17) is 16.3 Å². The number of benzene rings is 3. The van der Waals surface area contributed by atoms with E-state index in [0.717, 1.165) is 29.5 Å². The van der Waals surface area contributed by atoms with Crippen LogP contribution in [0.4, 0.5) is 0 Å². The molecular weight excluding hydrogens is 420 g/mol. The van der Waals surface area contributed by atoms with E-state index < -0.39 is 0 Å². The topological polar surface area (TPSA) is 43.4 Å². The average Bonchev–Trinajstić information content (AvgIpc) is 2.81. The summed E-state index contributed by atoms with van der Waals surface area (Å²) in [5.74, 6) is -0.511. The number of carbonyl (C=O) groups excluding carboxylic acids is 2. The van der Waals surface area contributed by atoms with Gasteiger partial charge in [-0.1, -0.05) is 79.0 Å². The van der Waals surface area contributed by atoms with Crippen LogP contribution in [0.1, 0.15) is 64.2 Å². The minimum atomic E-state index is -0.367. The summed E-state index contributed by atoms with van der Waals surface area (Å²) in [7, 11) is 1.37. The number of methoxy groups -OCH3 is 1. The van der Waals surface area contributed by atoms with E-state index in [2.05, 4.69) is 6.92 Å². The number of rotatable bonds is 9. The molecule has 2 atom stereocenters. The van der Waals surface area contributed by atoms with Crippen molar-refractivity contribution >= 4 is 23.4 Å². The third kappa shape index (κ3) is 5.86. The van der Waals surface area contributed by atoms with E-state index in [1.54, 1.807) is 12.1 Å². The van der Waals surface area contributed by atoms with Crippen LogP contribution in [0, 0.1) is 6.92 Å². The molecule has 0 aromatic heterocycles.